The summed E-state index contributed by atoms with van der Waals surface area (Å²) >= 11 is 6.04. The second-order valence-corrected chi connectivity index (χ2v) is 7.63. The van der Waals surface area contributed by atoms with E-state index in [4.69, 9.17) is 21.1 Å². The van der Waals surface area contributed by atoms with E-state index in [-0.39, 0.29) is 24.1 Å². The highest BCUT2D eigenvalue weighted by Crippen LogP contribution is 2.33. The van der Waals surface area contributed by atoms with Crippen LogP contribution in [0.5, 0.6) is 5.75 Å². The fourth-order valence-corrected chi connectivity index (χ4v) is 3.86. The minimum Gasteiger partial charge on any atom is -0.484 e. The monoisotopic (exact) mass is 404 g/mol. The highest BCUT2D eigenvalue weighted by Gasteiger charge is 2.34. The summed E-state index contributed by atoms with van der Waals surface area (Å²) in [5, 5.41) is 3.98. The molecule has 148 valence electrons. The van der Waals surface area contributed by atoms with Gasteiger partial charge in [0.05, 0.1) is 24.9 Å². The third-order valence-electron chi connectivity index (χ3n) is 5.17. The van der Waals surface area contributed by atoms with Crippen LogP contribution in [-0.4, -0.2) is 49.3 Å². The summed E-state index contributed by atoms with van der Waals surface area (Å²) in [4.78, 5) is 13.2. The number of amides is 1. The normalized spacial score (nSPS) is 24.5. The molecule has 2 heterocycles. The molecule has 2 aliphatic rings. The molecule has 4 rings (SSSR count). The van der Waals surface area contributed by atoms with Crippen molar-refractivity contribution in [3.63, 3.8) is 0 Å². The van der Waals surface area contributed by atoms with Gasteiger partial charge in [0.1, 0.15) is 23.8 Å². The standard InChI is InChI=1S/C21H22ClFN2O3/c22-15-3-6-19-18(10-15)24-11-20(28-19)21-12-25(13-26)8-7-17(27-21)9-14-1-4-16(23)5-2-14/h1-6,10,13,17,20-21,24H,7-9,11-12H2. The van der Waals surface area contributed by atoms with E-state index in [9.17, 15) is 9.18 Å². The Bertz CT molecular complexity index is 833. The van der Waals surface area contributed by atoms with Gasteiger partial charge in [0.25, 0.3) is 0 Å². The summed E-state index contributed by atoms with van der Waals surface area (Å²) in [7, 11) is 0. The van der Waals surface area contributed by atoms with Crippen molar-refractivity contribution in [2.45, 2.75) is 31.2 Å². The quantitative estimate of drug-likeness (QED) is 0.792. The summed E-state index contributed by atoms with van der Waals surface area (Å²) in [6.07, 6.45) is 1.67. The minimum absolute atomic E-state index is 0.0735. The van der Waals surface area contributed by atoms with Crippen LogP contribution in [-0.2, 0) is 16.0 Å². The SMILES string of the molecule is O=CN1CCC(Cc2ccc(F)cc2)OC(C2CNc3cc(Cl)ccc3O2)C1. The van der Waals surface area contributed by atoms with Gasteiger partial charge in [0.2, 0.25) is 6.41 Å². The highest BCUT2D eigenvalue weighted by atomic mass is 35.5. The van der Waals surface area contributed by atoms with Crippen LogP contribution in [0.25, 0.3) is 0 Å². The predicted octanol–water partition coefficient (Wildman–Crippen LogP) is 3.51. The first-order valence-electron chi connectivity index (χ1n) is 9.40. The number of nitrogens with zero attached hydrogens (tertiary/aromatic N) is 1. The van der Waals surface area contributed by atoms with Gasteiger partial charge < -0.3 is 19.7 Å². The lowest BCUT2D eigenvalue weighted by Gasteiger charge is -2.34. The molecule has 0 aliphatic carbocycles. The third-order valence-corrected chi connectivity index (χ3v) is 5.41. The van der Waals surface area contributed by atoms with Crippen LogP contribution in [0.1, 0.15) is 12.0 Å². The second-order valence-electron chi connectivity index (χ2n) is 7.19. The van der Waals surface area contributed by atoms with Gasteiger partial charge in [-0.2, -0.15) is 0 Å². The number of carbonyl (C=O) groups is 1. The van der Waals surface area contributed by atoms with Gasteiger partial charge >= 0.3 is 0 Å². The fraction of sp³-hybridized carbons (Fsp3) is 0.381. The molecule has 7 heteroatoms. The summed E-state index contributed by atoms with van der Waals surface area (Å²) in [6.45, 7) is 1.66. The van der Waals surface area contributed by atoms with Gasteiger partial charge in [0.15, 0.2) is 0 Å². The Morgan fingerprint density at radius 2 is 2.04 bits per heavy atom. The van der Waals surface area contributed by atoms with Crippen LogP contribution in [0.2, 0.25) is 5.02 Å². The number of hydrogen-bond acceptors (Lipinski definition) is 4. The van der Waals surface area contributed by atoms with Crippen molar-refractivity contribution < 1.29 is 18.7 Å². The lowest BCUT2D eigenvalue weighted by molar-refractivity contribution is -0.120. The van der Waals surface area contributed by atoms with E-state index in [0.717, 1.165) is 29.8 Å². The average molecular weight is 405 g/mol. The van der Waals surface area contributed by atoms with Crippen molar-refractivity contribution in [3.05, 3.63) is 58.9 Å². The van der Waals surface area contributed by atoms with Crippen molar-refractivity contribution >= 4 is 23.7 Å². The summed E-state index contributed by atoms with van der Waals surface area (Å²) in [5.74, 6) is 0.470. The zero-order chi connectivity index (χ0) is 19.5. The Kier molecular flexibility index (Phi) is 5.69. The van der Waals surface area contributed by atoms with Crippen LogP contribution < -0.4 is 10.1 Å². The Balaban J connectivity index is 1.48. The molecular formula is C21H22ClFN2O3. The van der Waals surface area contributed by atoms with E-state index >= 15 is 0 Å². The first-order chi connectivity index (χ1) is 13.6. The topological polar surface area (TPSA) is 50.8 Å². The number of ether oxygens (including phenoxy) is 2. The molecule has 1 N–H and O–H groups in total. The number of carbonyl (C=O) groups excluding carboxylic acids is 1. The summed E-state index contributed by atoms with van der Waals surface area (Å²) < 4.78 is 25.7. The predicted molar refractivity (Wildman–Crippen MR) is 105 cm³/mol. The molecule has 3 atom stereocenters. The van der Waals surface area contributed by atoms with Crippen molar-refractivity contribution in [3.8, 4) is 5.75 Å². The first-order valence-corrected chi connectivity index (χ1v) is 9.78. The van der Waals surface area contributed by atoms with Crippen molar-refractivity contribution in [2.75, 3.05) is 25.0 Å². The second kappa shape index (κ2) is 8.37. The first kappa shape index (κ1) is 19.0. The molecule has 1 saturated heterocycles. The van der Waals surface area contributed by atoms with Crippen molar-refractivity contribution in [1.82, 2.24) is 4.90 Å². The molecule has 5 nitrogen and oxygen atoms in total. The number of anilines is 1. The minimum atomic E-state index is -0.269. The van der Waals surface area contributed by atoms with Gasteiger partial charge in [-0.25, -0.2) is 4.39 Å². The molecule has 1 amide bonds. The number of halogens is 2. The zero-order valence-electron chi connectivity index (χ0n) is 15.3. The van der Waals surface area contributed by atoms with Crippen LogP contribution in [0.15, 0.2) is 42.5 Å². The van der Waals surface area contributed by atoms with E-state index in [1.54, 1.807) is 23.1 Å². The summed E-state index contributed by atoms with van der Waals surface area (Å²) in [6, 6.07) is 11.9. The largest absolute Gasteiger partial charge is 0.484 e. The molecule has 2 aliphatic heterocycles. The highest BCUT2D eigenvalue weighted by molar-refractivity contribution is 6.30. The van der Waals surface area contributed by atoms with Gasteiger partial charge in [-0.3, -0.25) is 4.79 Å². The summed E-state index contributed by atoms with van der Waals surface area (Å²) in [5.41, 5.74) is 1.86. The van der Waals surface area contributed by atoms with Gasteiger partial charge in [-0.15, -0.1) is 0 Å². The van der Waals surface area contributed by atoms with Crippen LogP contribution >= 0.6 is 11.6 Å². The molecule has 3 unspecified atom stereocenters. The maximum absolute atomic E-state index is 13.2. The van der Waals surface area contributed by atoms with Crippen LogP contribution in [0.3, 0.4) is 0 Å². The molecule has 0 saturated carbocycles. The molecule has 28 heavy (non-hydrogen) atoms. The molecule has 1 fully saturated rings. The lowest BCUT2D eigenvalue weighted by Crippen LogP contribution is -2.47. The number of hydrogen-bond donors (Lipinski definition) is 1. The Labute approximate surface area is 168 Å². The van der Waals surface area contributed by atoms with E-state index in [1.807, 2.05) is 12.1 Å². The smallest absolute Gasteiger partial charge is 0.209 e. The zero-order valence-corrected chi connectivity index (χ0v) is 16.1. The maximum atomic E-state index is 13.2. The number of fused-ring (bicyclic) bond motifs is 1. The van der Waals surface area contributed by atoms with E-state index in [2.05, 4.69) is 5.32 Å². The molecular weight excluding hydrogens is 383 g/mol. The van der Waals surface area contributed by atoms with E-state index < -0.39 is 0 Å². The molecule has 0 bridgehead atoms. The fourth-order valence-electron chi connectivity index (χ4n) is 3.69. The lowest BCUT2D eigenvalue weighted by atomic mass is 10.1. The Morgan fingerprint density at radius 3 is 2.82 bits per heavy atom. The number of nitrogens with one attached hydrogen (secondary N) is 1. The van der Waals surface area contributed by atoms with E-state index in [1.165, 1.54) is 12.1 Å². The number of rotatable bonds is 4. The molecule has 2 aromatic carbocycles. The maximum Gasteiger partial charge on any atom is 0.209 e. The Morgan fingerprint density at radius 1 is 1.21 bits per heavy atom. The van der Waals surface area contributed by atoms with Crippen molar-refractivity contribution in [2.24, 2.45) is 0 Å². The van der Waals surface area contributed by atoms with E-state index in [0.29, 0.717) is 31.1 Å². The van der Waals surface area contributed by atoms with Gasteiger partial charge in [0, 0.05) is 11.6 Å². The Hall–Kier alpha value is -2.31. The van der Waals surface area contributed by atoms with Crippen LogP contribution in [0, 0.1) is 5.82 Å². The van der Waals surface area contributed by atoms with Crippen molar-refractivity contribution in [1.29, 1.82) is 0 Å². The van der Waals surface area contributed by atoms with Crippen LogP contribution in [0.4, 0.5) is 10.1 Å². The molecule has 0 aromatic heterocycles. The molecule has 0 spiro atoms. The average Bonchev–Trinajstić information content (AvgIpc) is 2.91. The van der Waals surface area contributed by atoms with Gasteiger partial charge in [-0.1, -0.05) is 23.7 Å². The molecule has 0 radical (unpaired) electrons. The molecule has 2 aromatic rings. The third kappa shape index (κ3) is 4.39. The number of benzene rings is 2. The van der Waals surface area contributed by atoms with Gasteiger partial charge in [-0.05, 0) is 48.7 Å².